The van der Waals surface area contributed by atoms with Gasteiger partial charge in [0.2, 0.25) is 0 Å². The first kappa shape index (κ1) is 176. The Hall–Kier alpha value is 11.9. The molecule has 180 valence electrons. The van der Waals surface area contributed by atoms with E-state index in [0.29, 0.717) is 0 Å². The molecule has 0 saturated carbocycles. The first-order chi connectivity index (χ1) is 0. The van der Waals surface area contributed by atoms with Gasteiger partial charge in [-0.3, -0.25) is 0 Å². The fourth-order valence-electron chi connectivity index (χ4n) is 0. The zero-order valence-corrected chi connectivity index (χ0v) is 33.7. The van der Waals surface area contributed by atoms with Gasteiger partial charge in [-0.05, 0) is 0 Å². The minimum atomic E-state index is 0. The van der Waals surface area contributed by atoms with Crippen LogP contribution in [0.15, 0.2) is 0 Å². The fourth-order valence-corrected chi connectivity index (χ4v) is 0. The van der Waals surface area contributed by atoms with E-state index in [1.165, 1.54) is 0 Å². The second-order valence-electron chi connectivity index (χ2n) is 0. The Morgan fingerprint density at radius 1 is 0.0556 bits per heavy atom. The van der Waals surface area contributed by atoms with Crippen molar-refractivity contribution in [3.63, 3.8) is 0 Å². The molecule has 0 spiro atoms. The van der Waals surface area contributed by atoms with Crippen LogP contribution >= 0.6 is 0 Å². The Morgan fingerprint density at radius 3 is 0.0556 bits per heavy atom. The van der Waals surface area contributed by atoms with Gasteiger partial charge in [-0.2, -0.15) is 0 Å². The largest absolute Gasteiger partial charge is 0 e. The van der Waals surface area contributed by atoms with E-state index < -0.39 is 0 Å². The molecule has 0 radical (unpaired) electrons. The van der Waals surface area contributed by atoms with Crippen molar-refractivity contribution in [1.82, 2.24) is 0 Å². The average Bonchev–Trinajstić information content (AvgIpc) is 0. The molecule has 0 heterocycles. The van der Waals surface area contributed by atoms with Crippen molar-refractivity contribution in [3.05, 3.63) is 0 Å². The Balaban J connectivity index is 0. The van der Waals surface area contributed by atoms with E-state index in [9.17, 15) is 0 Å². The molecule has 0 saturated heterocycles. The van der Waals surface area contributed by atoms with Crippen molar-refractivity contribution in [2.24, 2.45) is 0 Å². The molecule has 0 aromatic heterocycles. The second kappa shape index (κ2) is 159. The predicted octanol–water partition coefficient (Wildman–Crippen LogP) is -0.0450. The topological polar surface area (TPSA) is 0 Å². The van der Waals surface area contributed by atoms with Crippen LogP contribution in [0.1, 0.15) is 0 Å². The van der Waals surface area contributed by atoms with E-state index in [4.69, 9.17) is 0 Å². The maximum atomic E-state index is 0. The number of rotatable bonds is 0. The first-order valence-corrected chi connectivity index (χ1v) is 0. The van der Waals surface area contributed by atoms with Gasteiger partial charge in [0, 0.05) is 368 Å². The number of hydrogen-bond donors (Lipinski definition) is 0. The maximum Gasteiger partial charge on any atom is 0 e. The third-order valence-corrected chi connectivity index (χ3v) is 0. The van der Waals surface area contributed by atoms with Crippen LogP contribution in [0.3, 0.4) is 0 Å². The van der Waals surface area contributed by atoms with Gasteiger partial charge < -0.3 is 0 Å². The Kier molecular flexibility index (Phi) is 1550. The van der Waals surface area contributed by atoms with Gasteiger partial charge >= 0.3 is 0 Å². The molecule has 18 heavy (non-hydrogen) atoms. The first-order valence-electron chi connectivity index (χ1n) is 0. The third kappa shape index (κ3) is 142. The van der Waals surface area contributed by atoms with E-state index in [-0.39, 0.29) is 368 Å². The summed E-state index contributed by atoms with van der Waals surface area (Å²) in [6.45, 7) is 0. The monoisotopic (exact) mass is 1910 g/mol. The molecule has 0 atom stereocenters. The molecule has 0 N–H and O–H groups in total. The smallest absolute Gasteiger partial charge is 0 e. The molecule has 0 unspecified atom stereocenters. The van der Waals surface area contributed by atoms with Crippen LogP contribution in [0.25, 0.3) is 0 Å². The van der Waals surface area contributed by atoms with Crippen molar-refractivity contribution in [1.29, 1.82) is 0 Å². The van der Waals surface area contributed by atoms with E-state index in [0.717, 1.165) is 0 Å². The zero-order chi connectivity index (χ0) is 0. The number of hydrogen-bond acceptors (Lipinski definition) is 0. The normalized spacial score (nSPS) is 0. The Bertz CT molecular complexity index is 0. The minimum absolute atomic E-state index is 0. The zero-order valence-electron chi connectivity index (χ0n) is 5.69. The van der Waals surface area contributed by atoms with Crippen molar-refractivity contribution < 1.29 is 368 Å². The van der Waals surface area contributed by atoms with Crippen LogP contribution in [0.5, 0.6) is 0 Å². The summed E-state index contributed by atoms with van der Waals surface area (Å²) in [5.41, 5.74) is 0. The van der Waals surface area contributed by atoms with E-state index in [1.54, 1.807) is 0 Å². The Labute approximate surface area is 357 Å². The average molecular weight is 1920 g/mol. The quantitative estimate of drug-likeness (QED) is 0.300. The summed E-state index contributed by atoms with van der Waals surface area (Å²) < 4.78 is 0. The summed E-state index contributed by atoms with van der Waals surface area (Å²) in [5.74, 6) is 0. The second-order valence-corrected chi connectivity index (χ2v) is 0. The molecule has 0 nitrogen and oxygen atoms in total. The third-order valence-electron chi connectivity index (χ3n) is 0. The molecule has 0 aliphatic heterocycles. The summed E-state index contributed by atoms with van der Waals surface area (Å²) in [4.78, 5) is 0. The standard InChI is InChI=1S/18Pd. The van der Waals surface area contributed by atoms with Gasteiger partial charge in [-0.15, -0.1) is 0 Å². The Morgan fingerprint density at radius 2 is 0.0556 bits per heavy atom. The van der Waals surface area contributed by atoms with Crippen LogP contribution < -0.4 is 0 Å². The van der Waals surface area contributed by atoms with Gasteiger partial charge in [0.25, 0.3) is 0 Å². The molecule has 0 aromatic rings. The molecule has 0 aliphatic rings. The van der Waals surface area contributed by atoms with Crippen LogP contribution in [0, 0.1) is 0 Å². The molecule has 0 rings (SSSR count). The molecule has 18 heteroatoms. The molecule has 0 aliphatic carbocycles. The van der Waals surface area contributed by atoms with Crippen molar-refractivity contribution >= 4 is 0 Å². The predicted molar refractivity (Wildman–Crippen MR) is 0 cm³/mol. The van der Waals surface area contributed by atoms with E-state index >= 15 is 0 Å². The van der Waals surface area contributed by atoms with Gasteiger partial charge in [0.15, 0.2) is 0 Å². The van der Waals surface area contributed by atoms with Gasteiger partial charge in [-0.1, -0.05) is 0 Å². The summed E-state index contributed by atoms with van der Waals surface area (Å²) in [7, 11) is 0. The van der Waals surface area contributed by atoms with Crippen LogP contribution in [0.2, 0.25) is 0 Å². The summed E-state index contributed by atoms with van der Waals surface area (Å²) in [6.07, 6.45) is 0. The van der Waals surface area contributed by atoms with Crippen LogP contribution in [-0.2, 0) is 368 Å². The SMILES string of the molecule is [Pd].[Pd].[Pd].[Pd].[Pd].[Pd].[Pd].[Pd].[Pd].[Pd].[Pd].[Pd].[Pd].[Pd].[Pd].[Pd].[Pd].[Pd]. The minimum Gasteiger partial charge on any atom is 0 e. The van der Waals surface area contributed by atoms with Crippen molar-refractivity contribution in [2.75, 3.05) is 0 Å². The molecule has 0 fully saturated rings. The van der Waals surface area contributed by atoms with Crippen molar-refractivity contribution in [3.8, 4) is 0 Å². The molecule has 0 bridgehead atoms. The molecule has 0 aromatic carbocycles. The summed E-state index contributed by atoms with van der Waals surface area (Å²) >= 11 is 0. The van der Waals surface area contributed by atoms with Crippen LogP contribution in [-0.4, -0.2) is 0 Å². The van der Waals surface area contributed by atoms with Crippen LogP contribution in [0.4, 0.5) is 0 Å². The van der Waals surface area contributed by atoms with E-state index in [1.807, 2.05) is 0 Å². The van der Waals surface area contributed by atoms with Gasteiger partial charge in [0.05, 0.1) is 0 Å². The molecular formula is Pd18. The molecular weight excluding hydrogens is 1920 g/mol. The maximum absolute atomic E-state index is 0. The summed E-state index contributed by atoms with van der Waals surface area (Å²) in [5, 5.41) is 0. The fraction of sp³-hybridized carbons (Fsp3) is 0. The van der Waals surface area contributed by atoms with Gasteiger partial charge in [-0.25, -0.2) is 0 Å². The van der Waals surface area contributed by atoms with Crippen molar-refractivity contribution in [2.45, 2.75) is 0 Å². The molecule has 0 amide bonds. The van der Waals surface area contributed by atoms with Gasteiger partial charge in [0.1, 0.15) is 0 Å². The summed E-state index contributed by atoms with van der Waals surface area (Å²) in [6, 6.07) is 0. The van der Waals surface area contributed by atoms with E-state index in [2.05, 4.69) is 0 Å².